The van der Waals surface area contributed by atoms with E-state index in [0.717, 1.165) is 0 Å². The third-order valence-electron chi connectivity index (χ3n) is 0. The van der Waals surface area contributed by atoms with Crippen LogP contribution in [0, 0.1) is 77.3 Å². The van der Waals surface area contributed by atoms with Gasteiger partial charge >= 0.3 is 73.2 Å². The Hall–Kier alpha value is 6.18. The van der Waals surface area contributed by atoms with Gasteiger partial charge in [0.15, 0.2) is 17.4 Å². The second kappa shape index (κ2) is 39.9. The largest absolute Gasteiger partial charge is 0 e. The molecular formula is H10AlBiCeLaMgSnZn. The molecule has 0 aromatic rings. The first-order valence-electron chi connectivity index (χ1n) is 0. The Kier molecular flexibility index (Phi) is 292. The van der Waals surface area contributed by atoms with Crippen LogP contribution in [0.5, 0.6) is 0 Å². The Balaban J connectivity index is 0. The molecule has 0 atom stereocenters. The van der Waals surface area contributed by atoms with E-state index in [9.17, 15) is 0 Å². The summed E-state index contributed by atoms with van der Waals surface area (Å²) in [6.07, 6.45) is 0. The van der Waals surface area contributed by atoms with Crippen LogP contribution in [0.2, 0.25) is 0 Å². The molecule has 0 saturated heterocycles. The van der Waals surface area contributed by atoms with E-state index in [1.807, 2.05) is 0 Å². The third kappa shape index (κ3) is 33.1. The van der Waals surface area contributed by atoms with Crippen molar-refractivity contribution in [1.82, 2.24) is 0 Å². The minimum Gasteiger partial charge on any atom is 0 e. The van der Waals surface area contributed by atoms with Crippen molar-refractivity contribution in [2.24, 2.45) is 0 Å². The molecule has 0 aliphatic rings. The summed E-state index contributed by atoms with van der Waals surface area (Å²) in [6, 6.07) is 0. The molecule has 0 amide bonds. The average Bonchev–Trinajstić information content (AvgIpc) is 0. The van der Waals surface area contributed by atoms with Crippen LogP contribution in [-0.2, 0) is 19.5 Å². The van der Waals surface area contributed by atoms with Crippen molar-refractivity contribution >= 4 is 90.5 Å². The van der Waals surface area contributed by atoms with Gasteiger partial charge < -0.3 is 2.85 Å². The van der Waals surface area contributed by atoms with E-state index in [0.29, 0.717) is 0 Å². The normalized spacial score (nSPS) is 0. The molecule has 0 rings (SSSR count). The fourth-order valence-electron chi connectivity index (χ4n) is 0. The smallest absolute Gasteiger partial charge is 0 e. The van der Waals surface area contributed by atoms with Gasteiger partial charge in [-0.15, -0.1) is 0 Å². The van der Waals surface area contributed by atoms with Crippen molar-refractivity contribution in [3.63, 3.8) is 0 Å². The van der Waals surface area contributed by atoms with E-state index in [2.05, 4.69) is 0 Å². The first kappa shape index (κ1) is 51.2. The van der Waals surface area contributed by atoms with Gasteiger partial charge in [-0.05, 0) is 0 Å². The van der Waals surface area contributed by atoms with Gasteiger partial charge in [0.1, 0.15) is 0 Å². The second-order valence-corrected chi connectivity index (χ2v) is 0. The molecule has 7 heavy (non-hydrogen) atoms. The predicted octanol–water partition coefficient (Wildman–Crippen LogP) is -3.44. The molecule has 0 fully saturated rings. The maximum atomic E-state index is 0. The molecule has 0 spiro atoms. The van der Waals surface area contributed by atoms with Crippen molar-refractivity contribution in [2.45, 2.75) is 0 Å². The number of rotatable bonds is 0. The van der Waals surface area contributed by atoms with E-state index in [-0.39, 0.29) is 190 Å². The van der Waals surface area contributed by atoms with E-state index in [4.69, 9.17) is 0 Å². The topological polar surface area (TPSA) is 0 Å². The van der Waals surface area contributed by atoms with Crippen molar-refractivity contribution in [1.29, 1.82) is 0 Å². The van der Waals surface area contributed by atoms with Crippen molar-refractivity contribution in [3.05, 3.63) is 0 Å². The minimum absolute atomic E-state index is 0. The number of hydrogen-bond donors (Lipinski definition) is 0. The zero-order chi connectivity index (χ0) is 0. The van der Waals surface area contributed by atoms with Gasteiger partial charge in [-0.1, -0.05) is 0 Å². The van der Waals surface area contributed by atoms with Gasteiger partial charge in [0.05, 0.1) is 0 Å². The van der Waals surface area contributed by atoms with Crippen LogP contribution < -0.4 is 0 Å². The first-order valence-corrected chi connectivity index (χ1v) is 0. The summed E-state index contributed by atoms with van der Waals surface area (Å²) in [5.74, 6) is 0. The zero-order valence-electron chi connectivity index (χ0n) is 5.91. The summed E-state index contributed by atoms with van der Waals surface area (Å²) in [4.78, 5) is 0. The molecule has 0 nitrogen and oxygen atoms in total. The SMILES string of the molecule is [AlH3].[BiH3].[Ce].[H-].[H-].[La].[Mg+2].[SnH2].[Zn]. The Bertz CT molecular complexity index is 26.5. The molecule has 0 aliphatic heterocycles. The van der Waals surface area contributed by atoms with Crippen LogP contribution in [0.4, 0.5) is 0 Å². The summed E-state index contributed by atoms with van der Waals surface area (Å²) < 4.78 is 0. The Labute approximate surface area is 185 Å². The first-order chi connectivity index (χ1) is 0. The molecule has 3 radical (unpaired) electrons. The van der Waals surface area contributed by atoms with Crippen LogP contribution in [0.3, 0.4) is 0 Å². The van der Waals surface area contributed by atoms with Gasteiger partial charge in [0.2, 0.25) is 0 Å². The Morgan fingerprint density at radius 3 is 1.14 bits per heavy atom. The molecular weight excluding hydrogens is 723 g/mol. The van der Waals surface area contributed by atoms with Crippen LogP contribution in [-0.4, -0.2) is 90.5 Å². The molecule has 0 aliphatic carbocycles. The van der Waals surface area contributed by atoms with Gasteiger partial charge in [-0.3, -0.25) is 0 Å². The minimum atomic E-state index is 0. The second-order valence-electron chi connectivity index (χ2n) is 0. The molecule has 0 bridgehead atoms. The molecule has 0 heterocycles. The zero-order valence-corrected chi connectivity index (χ0v) is 24.6. The van der Waals surface area contributed by atoms with Gasteiger partial charge in [-0.25, -0.2) is 0 Å². The molecule has 0 unspecified atom stereocenters. The molecule has 0 aromatic heterocycles. The Morgan fingerprint density at radius 1 is 1.14 bits per heavy atom. The summed E-state index contributed by atoms with van der Waals surface area (Å²) in [5.41, 5.74) is 0. The summed E-state index contributed by atoms with van der Waals surface area (Å²) in [5, 5.41) is 0. The van der Waals surface area contributed by atoms with Crippen LogP contribution in [0.25, 0.3) is 0 Å². The summed E-state index contributed by atoms with van der Waals surface area (Å²) in [7, 11) is 0. The van der Waals surface area contributed by atoms with Crippen molar-refractivity contribution in [3.8, 4) is 0 Å². The molecule has 33 valence electrons. The Morgan fingerprint density at radius 2 is 1.14 bits per heavy atom. The standard InChI is InChI=1S/Al.Bi.Ce.La.Mg.Sn.Zn.10H/q;;;;+2;;;;;;;;;;;2*-1. The quantitative estimate of drug-likeness (QED) is 0.228. The molecule has 0 N–H and O–H groups in total. The summed E-state index contributed by atoms with van der Waals surface area (Å²) in [6.45, 7) is 0. The van der Waals surface area contributed by atoms with Crippen molar-refractivity contribution in [2.75, 3.05) is 0 Å². The fourth-order valence-corrected chi connectivity index (χ4v) is 0. The predicted molar refractivity (Wildman–Crippen MR) is 36.4 cm³/mol. The van der Waals surface area contributed by atoms with Crippen LogP contribution in [0.1, 0.15) is 2.85 Å². The molecule has 0 saturated carbocycles. The van der Waals surface area contributed by atoms with Gasteiger partial charge in [0.25, 0.3) is 0 Å². The maximum Gasteiger partial charge on any atom is 0 e. The van der Waals surface area contributed by atoms with Crippen LogP contribution in [0.15, 0.2) is 0 Å². The third-order valence-corrected chi connectivity index (χ3v) is 0. The van der Waals surface area contributed by atoms with E-state index in [1.165, 1.54) is 0 Å². The monoisotopic (exact) mass is 733 g/mol. The van der Waals surface area contributed by atoms with Gasteiger partial charge in [0, 0.05) is 96.8 Å². The molecule has 7 heteroatoms. The van der Waals surface area contributed by atoms with E-state index < -0.39 is 0 Å². The maximum absolute atomic E-state index is 0. The van der Waals surface area contributed by atoms with Gasteiger partial charge in [-0.2, -0.15) is 0 Å². The summed E-state index contributed by atoms with van der Waals surface area (Å²) >= 11 is 0. The van der Waals surface area contributed by atoms with E-state index in [1.54, 1.807) is 0 Å². The van der Waals surface area contributed by atoms with Crippen molar-refractivity contribution < 1.29 is 99.7 Å². The van der Waals surface area contributed by atoms with Crippen LogP contribution >= 0.6 is 0 Å². The fraction of sp³-hybridized carbons (Fsp3) is 0. The molecule has 0 aromatic carbocycles. The average molecular weight is 733 g/mol. The van der Waals surface area contributed by atoms with E-state index >= 15 is 0 Å². The number of hydrogen-bond acceptors (Lipinski definition) is 0.